The zero-order chi connectivity index (χ0) is 27.3. The number of fused-ring (bicyclic) bond motifs is 2. The van der Waals surface area contributed by atoms with E-state index in [1.165, 1.54) is 24.3 Å². The number of carbonyl (C=O) groups is 2. The van der Waals surface area contributed by atoms with E-state index < -0.39 is 11.9 Å². The first-order valence-electron chi connectivity index (χ1n) is 12.7. The van der Waals surface area contributed by atoms with Crippen LogP contribution in [0, 0.1) is 5.82 Å². The average molecular weight is 544 g/mol. The normalized spacial score (nSPS) is 23.9. The van der Waals surface area contributed by atoms with Gasteiger partial charge in [-0.15, -0.1) is 0 Å². The van der Waals surface area contributed by atoms with Crippen LogP contribution in [0.4, 0.5) is 10.2 Å². The second-order valence-corrected chi connectivity index (χ2v) is 10.4. The molecule has 0 radical (unpaired) electrons. The Morgan fingerprint density at radius 3 is 2.63 bits per heavy atom. The summed E-state index contributed by atoms with van der Waals surface area (Å²) in [6.07, 6.45) is 1.26. The average Bonchev–Trinajstić information content (AvgIpc) is 3.05. The van der Waals surface area contributed by atoms with Crippen molar-refractivity contribution in [3.05, 3.63) is 47.3 Å². The monoisotopic (exact) mass is 543 g/mol. The van der Waals surface area contributed by atoms with Gasteiger partial charge in [0.25, 0.3) is 5.91 Å². The Labute approximate surface area is 226 Å². The molecule has 2 amide bonds. The highest BCUT2D eigenvalue weighted by molar-refractivity contribution is 6.35. The summed E-state index contributed by atoms with van der Waals surface area (Å²) in [5.74, 6) is -1.08. The molecule has 1 N–H and O–H groups in total. The quantitative estimate of drug-likeness (QED) is 0.595. The van der Waals surface area contributed by atoms with Crippen LogP contribution in [0.15, 0.2) is 30.9 Å². The molecule has 2 fully saturated rings. The van der Waals surface area contributed by atoms with Crippen LogP contribution in [-0.4, -0.2) is 101 Å². The molecule has 0 aliphatic carbocycles. The van der Waals surface area contributed by atoms with Crippen LogP contribution in [0.1, 0.15) is 24.2 Å². The molecule has 3 aliphatic rings. The number of nitrogens with zero attached hydrogens (tertiary/aromatic N) is 5. The Morgan fingerprint density at radius 2 is 1.92 bits per heavy atom. The Balaban J connectivity index is 1.68. The first-order valence-corrected chi connectivity index (χ1v) is 13.0. The largest absolute Gasteiger partial charge is 0.507 e. The number of aromatic hydroxyl groups is 1. The first-order chi connectivity index (χ1) is 18.1. The van der Waals surface area contributed by atoms with Gasteiger partial charge in [-0.3, -0.25) is 14.5 Å². The summed E-state index contributed by atoms with van der Waals surface area (Å²) in [5, 5.41) is 10.5. The zero-order valence-electron chi connectivity index (χ0n) is 21.7. The summed E-state index contributed by atoms with van der Waals surface area (Å²) in [6, 6.07) is 3.67. The number of anilines is 1. The molecule has 2 aromatic rings. The van der Waals surface area contributed by atoms with E-state index in [0.29, 0.717) is 25.5 Å². The van der Waals surface area contributed by atoms with Crippen molar-refractivity contribution >= 4 is 29.2 Å². The van der Waals surface area contributed by atoms with Gasteiger partial charge in [0, 0.05) is 44.8 Å². The highest BCUT2D eigenvalue weighted by atomic mass is 35.5. The number of rotatable bonds is 3. The number of benzene rings is 1. The standard InChI is InChI=1S/C27H31ClFN5O4/c1-5-20(36)32-10-12-34-17(13-32)14-38-25-22(27(34)37)26(33-11-9-31(4)15(2)16(33)3)30-24(23(25)28)21-18(29)7-6-8-19(21)35/h5-8,15-17,35H,1,9-14H2,2-4H3/t15?,16?,17-/m1/s1. The van der Waals surface area contributed by atoms with E-state index in [1.807, 2.05) is 18.9 Å². The molecule has 5 rings (SSSR count). The fourth-order valence-corrected chi connectivity index (χ4v) is 5.78. The minimum Gasteiger partial charge on any atom is -0.507 e. The third-order valence-electron chi connectivity index (χ3n) is 8.02. The van der Waals surface area contributed by atoms with Gasteiger partial charge in [0.15, 0.2) is 5.75 Å². The minimum atomic E-state index is -0.693. The van der Waals surface area contributed by atoms with Crippen LogP contribution in [0.25, 0.3) is 11.3 Å². The molecule has 1 aromatic heterocycles. The number of hydrogen-bond acceptors (Lipinski definition) is 7. The number of halogens is 2. The van der Waals surface area contributed by atoms with Crippen molar-refractivity contribution in [1.82, 2.24) is 19.7 Å². The Kier molecular flexibility index (Phi) is 6.96. The molecule has 0 saturated carbocycles. The third kappa shape index (κ3) is 4.25. The molecule has 1 aromatic carbocycles. The van der Waals surface area contributed by atoms with E-state index in [9.17, 15) is 14.7 Å². The van der Waals surface area contributed by atoms with E-state index in [1.54, 1.807) is 9.80 Å². The number of ether oxygens (including phenoxy) is 1. The Hall–Kier alpha value is -3.37. The summed E-state index contributed by atoms with van der Waals surface area (Å²) >= 11 is 6.80. The first kappa shape index (κ1) is 26.2. The van der Waals surface area contributed by atoms with Crippen LogP contribution >= 0.6 is 11.6 Å². The van der Waals surface area contributed by atoms with E-state index in [2.05, 4.69) is 18.4 Å². The second-order valence-electron chi connectivity index (χ2n) is 10.0. The van der Waals surface area contributed by atoms with Gasteiger partial charge in [-0.25, -0.2) is 9.37 Å². The number of pyridine rings is 1. The van der Waals surface area contributed by atoms with Crippen LogP contribution in [0.3, 0.4) is 0 Å². The molecule has 2 saturated heterocycles. The number of hydrogen-bond donors (Lipinski definition) is 1. The highest BCUT2D eigenvalue weighted by Crippen LogP contribution is 2.46. The molecular weight excluding hydrogens is 513 g/mol. The minimum absolute atomic E-state index is 0.00549. The molecule has 9 nitrogen and oxygen atoms in total. The van der Waals surface area contributed by atoms with Crippen molar-refractivity contribution in [3.63, 3.8) is 0 Å². The molecule has 11 heteroatoms. The van der Waals surface area contributed by atoms with Gasteiger partial charge in [0.2, 0.25) is 5.91 Å². The van der Waals surface area contributed by atoms with Crippen LogP contribution < -0.4 is 9.64 Å². The summed E-state index contributed by atoms with van der Waals surface area (Å²) in [4.78, 5) is 38.7. The van der Waals surface area contributed by atoms with Crippen LogP contribution in [0.5, 0.6) is 11.5 Å². The van der Waals surface area contributed by atoms with E-state index >= 15 is 4.39 Å². The van der Waals surface area contributed by atoms with E-state index in [4.69, 9.17) is 21.3 Å². The SMILES string of the molecule is C=CC(=O)N1CCN2C(=O)c3c(N4CCN(C)C(C)C4C)nc(-c4c(O)cccc4F)c(Cl)c3OC[C@H]2C1. The molecule has 4 heterocycles. The fraction of sp³-hybridized carbons (Fsp3) is 0.444. The zero-order valence-corrected chi connectivity index (χ0v) is 22.4. The molecule has 3 atom stereocenters. The molecular formula is C27H31ClFN5O4. The van der Waals surface area contributed by atoms with Crippen LogP contribution in [0.2, 0.25) is 5.02 Å². The van der Waals surface area contributed by atoms with Crippen molar-refractivity contribution in [1.29, 1.82) is 0 Å². The fourth-order valence-electron chi connectivity index (χ4n) is 5.50. The van der Waals surface area contributed by atoms with E-state index in [0.717, 1.165) is 6.54 Å². The maximum absolute atomic E-state index is 15.0. The number of aromatic nitrogens is 1. The van der Waals surface area contributed by atoms with Gasteiger partial charge in [-0.2, -0.15) is 0 Å². The number of likely N-dealkylation sites (N-methyl/N-ethyl adjacent to an activating group) is 1. The highest BCUT2D eigenvalue weighted by Gasteiger charge is 2.42. The lowest BCUT2D eigenvalue weighted by atomic mass is 10.0. The molecule has 2 unspecified atom stereocenters. The van der Waals surface area contributed by atoms with Crippen molar-refractivity contribution < 1.29 is 23.8 Å². The van der Waals surface area contributed by atoms with Gasteiger partial charge < -0.3 is 24.5 Å². The Bertz CT molecular complexity index is 1290. The van der Waals surface area contributed by atoms with Gasteiger partial charge in [0.05, 0.1) is 11.6 Å². The number of piperazine rings is 2. The summed E-state index contributed by atoms with van der Waals surface area (Å²) in [7, 11) is 2.04. The van der Waals surface area contributed by atoms with Crippen molar-refractivity contribution in [2.45, 2.75) is 32.0 Å². The number of phenolic OH excluding ortho intramolecular Hbond substituents is 1. The smallest absolute Gasteiger partial charge is 0.261 e. The summed E-state index contributed by atoms with van der Waals surface area (Å²) in [5.41, 5.74) is 0.0623. The maximum atomic E-state index is 15.0. The molecule has 38 heavy (non-hydrogen) atoms. The number of amides is 2. The number of phenols is 1. The van der Waals surface area contributed by atoms with E-state index in [-0.39, 0.29) is 70.4 Å². The van der Waals surface area contributed by atoms with Crippen molar-refractivity contribution in [3.8, 4) is 22.8 Å². The molecule has 0 spiro atoms. The maximum Gasteiger partial charge on any atom is 0.261 e. The van der Waals surface area contributed by atoms with Gasteiger partial charge in [-0.1, -0.05) is 24.2 Å². The third-order valence-corrected chi connectivity index (χ3v) is 8.37. The van der Waals surface area contributed by atoms with Crippen molar-refractivity contribution in [2.24, 2.45) is 0 Å². The second kappa shape index (κ2) is 10.1. The summed E-state index contributed by atoms with van der Waals surface area (Å²) < 4.78 is 21.2. The van der Waals surface area contributed by atoms with Gasteiger partial charge in [-0.05, 0) is 39.1 Å². The van der Waals surface area contributed by atoms with Crippen LogP contribution in [-0.2, 0) is 4.79 Å². The number of carbonyl (C=O) groups excluding carboxylic acids is 2. The lowest BCUT2D eigenvalue weighted by molar-refractivity contribution is -0.128. The summed E-state index contributed by atoms with van der Waals surface area (Å²) in [6.45, 7) is 10.1. The topological polar surface area (TPSA) is 89.5 Å². The van der Waals surface area contributed by atoms with Crippen molar-refractivity contribution in [2.75, 3.05) is 51.3 Å². The lowest BCUT2D eigenvalue weighted by Gasteiger charge is -2.45. The lowest BCUT2D eigenvalue weighted by Crippen LogP contribution is -2.58. The molecule has 3 aliphatic heterocycles. The Morgan fingerprint density at radius 1 is 1.18 bits per heavy atom. The molecule has 202 valence electrons. The van der Waals surface area contributed by atoms with Gasteiger partial charge >= 0.3 is 0 Å². The van der Waals surface area contributed by atoms with Gasteiger partial charge in [0.1, 0.15) is 40.3 Å². The predicted molar refractivity (Wildman–Crippen MR) is 142 cm³/mol. The molecule has 0 bridgehead atoms. The predicted octanol–water partition coefficient (Wildman–Crippen LogP) is 3.01.